The van der Waals surface area contributed by atoms with Gasteiger partial charge in [-0.3, -0.25) is 9.20 Å². The summed E-state index contributed by atoms with van der Waals surface area (Å²) < 4.78 is 17.0. The molecule has 1 aromatic carbocycles. The number of fused-ring (bicyclic) bond motifs is 1. The molecule has 3 aromatic rings. The minimum Gasteiger partial charge on any atom is -0.491 e. The van der Waals surface area contributed by atoms with Gasteiger partial charge in [0.15, 0.2) is 0 Å². The average Bonchev–Trinajstić information content (AvgIpc) is 3.15. The summed E-state index contributed by atoms with van der Waals surface area (Å²) >= 11 is 7.15. The molecular formula is C24H30Br2N4O2. The maximum atomic E-state index is 13.6. The number of ketones is 1. The number of aromatic nitrogens is 3. The standard InChI is InChI=1S/C24H30Br2N4O2/c1-4-7-10-20-21(30-13-8-11-27-24(30)28-20)22(31)17-15-18(25)23(19(26)16-17)32-14-9-12-29(5-2)6-3/h8,11,13,15-16H,4-7,9-10,12,14H2,1-3H3/i8D. The molecular weight excluding hydrogens is 536 g/mol. The molecule has 0 aliphatic rings. The molecule has 0 aliphatic heterocycles. The van der Waals surface area contributed by atoms with Crippen LogP contribution in [0.3, 0.4) is 0 Å². The van der Waals surface area contributed by atoms with E-state index in [0.717, 1.165) is 38.9 Å². The molecule has 172 valence electrons. The van der Waals surface area contributed by atoms with Crippen molar-refractivity contribution < 1.29 is 10.9 Å². The molecule has 0 saturated carbocycles. The third-order valence-electron chi connectivity index (χ3n) is 5.43. The summed E-state index contributed by atoms with van der Waals surface area (Å²) in [7, 11) is 0. The van der Waals surface area contributed by atoms with Crippen LogP contribution in [0.25, 0.3) is 5.78 Å². The van der Waals surface area contributed by atoms with E-state index in [9.17, 15) is 4.79 Å². The minimum absolute atomic E-state index is 0.157. The molecule has 0 unspecified atom stereocenters. The normalized spacial score (nSPS) is 11.9. The van der Waals surface area contributed by atoms with Crippen LogP contribution >= 0.6 is 31.9 Å². The van der Waals surface area contributed by atoms with Crippen LogP contribution in [0.4, 0.5) is 0 Å². The number of halogens is 2. The highest BCUT2D eigenvalue weighted by Crippen LogP contribution is 2.36. The lowest BCUT2D eigenvalue weighted by molar-refractivity contribution is 0.103. The fourth-order valence-corrected chi connectivity index (χ4v) is 5.02. The molecule has 2 heterocycles. The second kappa shape index (κ2) is 11.9. The van der Waals surface area contributed by atoms with Crippen LogP contribution in [0.2, 0.25) is 0 Å². The van der Waals surface area contributed by atoms with Gasteiger partial charge in [0.2, 0.25) is 11.6 Å². The molecule has 32 heavy (non-hydrogen) atoms. The minimum atomic E-state index is -0.157. The van der Waals surface area contributed by atoms with Gasteiger partial charge in [-0.05, 0) is 82.4 Å². The number of unbranched alkanes of at least 4 members (excludes halogenated alkanes) is 1. The zero-order valence-electron chi connectivity index (χ0n) is 19.8. The van der Waals surface area contributed by atoms with Crippen LogP contribution in [0.15, 0.2) is 39.5 Å². The lowest BCUT2D eigenvalue weighted by atomic mass is 10.0. The highest BCUT2D eigenvalue weighted by atomic mass is 79.9. The van der Waals surface area contributed by atoms with E-state index < -0.39 is 0 Å². The molecule has 3 rings (SSSR count). The molecule has 0 atom stereocenters. The molecule has 0 N–H and O–H groups in total. The Labute approximate surface area is 208 Å². The zero-order valence-corrected chi connectivity index (χ0v) is 22.0. The van der Waals surface area contributed by atoms with Crippen molar-refractivity contribution >= 4 is 43.4 Å². The molecule has 8 heteroatoms. The number of aryl methyl sites for hydroxylation is 1. The van der Waals surface area contributed by atoms with Gasteiger partial charge in [-0.2, -0.15) is 0 Å². The molecule has 2 aromatic heterocycles. The van der Waals surface area contributed by atoms with Gasteiger partial charge in [-0.1, -0.05) is 27.2 Å². The number of ether oxygens (including phenoxy) is 1. The molecule has 0 radical (unpaired) electrons. The van der Waals surface area contributed by atoms with Crippen molar-refractivity contribution in [1.29, 1.82) is 0 Å². The molecule has 0 fully saturated rings. The number of hydrogen-bond acceptors (Lipinski definition) is 5. The van der Waals surface area contributed by atoms with Crippen LogP contribution in [0, 0.1) is 0 Å². The van der Waals surface area contributed by atoms with Gasteiger partial charge in [-0.15, -0.1) is 0 Å². The van der Waals surface area contributed by atoms with Crippen molar-refractivity contribution in [2.75, 3.05) is 26.2 Å². The lowest BCUT2D eigenvalue weighted by Crippen LogP contribution is -2.25. The number of imidazole rings is 1. The van der Waals surface area contributed by atoms with E-state index >= 15 is 0 Å². The number of hydrogen-bond donors (Lipinski definition) is 0. The Bertz CT molecular complexity index is 1090. The molecule has 0 spiro atoms. The molecule has 0 aliphatic carbocycles. The van der Waals surface area contributed by atoms with Crippen LogP contribution in [0.5, 0.6) is 5.75 Å². The summed E-state index contributed by atoms with van der Waals surface area (Å²) in [4.78, 5) is 24.8. The first-order valence-electron chi connectivity index (χ1n) is 11.6. The van der Waals surface area contributed by atoms with Gasteiger partial charge in [-0.25, -0.2) is 9.97 Å². The van der Waals surface area contributed by atoms with Crippen molar-refractivity contribution in [3.8, 4) is 5.75 Å². The zero-order chi connectivity index (χ0) is 24.0. The number of carbonyl (C=O) groups is 1. The second-order valence-electron chi connectivity index (χ2n) is 7.56. The maximum Gasteiger partial charge on any atom is 0.234 e. The van der Waals surface area contributed by atoms with Gasteiger partial charge in [0, 0.05) is 24.5 Å². The van der Waals surface area contributed by atoms with E-state index in [-0.39, 0.29) is 11.8 Å². The maximum absolute atomic E-state index is 13.6. The largest absolute Gasteiger partial charge is 0.491 e. The van der Waals surface area contributed by atoms with E-state index in [4.69, 9.17) is 6.11 Å². The smallest absolute Gasteiger partial charge is 0.234 e. The summed E-state index contributed by atoms with van der Waals surface area (Å²) in [6.45, 7) is 10.1. The quantitative estimate of drug-likeness (QED) is 0.200. The SMILES string of the molecule is [2H]c1cnc2nc(CCCC)c(C(=O)c3cc(Br)c(OCCCN(CC)CC)c(Br)c3)n2c1. The van der Waals surface area contributed by atoms with Gasteiger partial charge >= 0.3 is 0 Å². The Morgan fingerprint density at radius 1 is 1.19 bits per heavy atom. The third-order valence-corrected chi connectivity index (χ3v) is 6.60. The van der Waals surface area contributed by atoms with Gasteiger partial charge in [0.1, 0.15) is 11.4 Å². The third kappa shape index (κ3) is 5.77. The van der Waals surface area contributed by atoms with E-state index in [1.165, 1.54) is 6.20 Å². The number of rotatable bonds is 12. The van der Waals surface area contributed by atoms with E-state index in [1.807, 2.05) is 0 Å². The van der Waals surface area contributed by atoms with Crippen LogP contribution < -0.4 is 4.74 Å². The monoisotopic (exact) mass is 565 g/mol. The van der Waals surface area contributed by atoms with Crippen LogP contribution in [0.1, 0.15) is 63.2 Å². The van der Waals surface area contributed by atoms with E-state index in [1.54, 1.807) is 22.7 Å². The second-order valence-corrected chi connectivity index (χ2v) is 9.27. The Morgan fingerprint density at radius 2 is 1.91 bits per heavy atom. The Balaban J connectivity index is 1.86. The summed E-state index contributed by atoms with van der Waals surface area (Å²) in [6, 6.07) is 3.80. The van der Waals surface area contributed by atoms with Crippen molar-refractivity contribution in [1.82, 2.24) is 19.3 Å². The fraction of sp³-hybridized carbons (Fsp3) is 0.458. The summed E-state index contributed by atoms with van der Waals surface area (Å²) in [5, 5.41) is 0. The molecule has 0 saturated heterocycles. The van der Waals surface area contributed by atoms with Crippen LogP contribution in [-0.4, -0.2) is 51.3 Å². The van der Waals surface area contributed by atoms with Crippen molar-refractivity contribution in [2.45, 2.75) is 46.5 Å². The lowest BCUT2D eigenvalue weighted by Gasteiger charge is -2.18. The van der Waals surface area contributed by atoms with Crippen molar-refractivity contribution in [3.63, 3.8) is 0 Å². The molecule has 6 nitrogen and oxygen atoms in total. The highest BCUT2D eigenvalue weighted by Gasteiger charge is 2.23. The van der Waals surface area contributed by atoms with Gasteiger partial charge in [0.05, 0.1) is 22.6 Å². The number of benzene rings is 1. The molecule has 0 bridgehead atoms. The van der Waals surface area contributed by atoms with Gasteiger partial charge < -0.3 is 9.64 Å². The van der Waals surface area contributed by atoms with E-state index in [0.29, 0.717) is 50.5 Å². The first-order valence-corrected chi connectivity index (χ1v) is 12.7. The first kappa shape index (κ1) is 23.4. The van der Waals surface area contributed by atoms with Gasteiger partial charge in [0.25, 0.3) is 0 Å². The van der Waals surface area contributed by atoms with Crippen LogP contribution in [-0.2, 0) is 6.42 Å². The first-order chi connectivity index (χ1) is 15.9. The Morgan fingerprint density at radius 3 is 2.56 bits per heavy atom. The van der Waals surface area contributed by atoms with Crippen molar-refractivity contribution in [2.24, 2.45) is 0 Å². The van der Waals surface area contributed by atoms with E-state index in [2.05, 4.69) is 67.5 Å². The fourth-order valence-electron chi connectivity index (χ4n) is 3.61. The number of carbonyl (C=O) groups excluding carboxylic acids is 1. The summed E-state index contributed by atoms with van der Waals surface area (Å²) in [5.41, 5.74) is 1.69. The number of nitrogens with zero attached hydrogens (tertiary/aromatic N) is 4. The molecule has 0 amide bonds. The average molecular weight is 567 g/mol. The summed E-state index contributed by atoms with van der Waals surface area (Å²) in [5.74, 6) is 0.966. The Kier molecular flexibility index (Phi) is 8.70. The predicted molar refractivity (Wildman–Crippen MR) is 135 cm³/mol. The topological polar surface area (TPSA) is 59.7 Å². The summed E-state index contributed by atoms with van der Waals surface area (Å²) in [6.07, 6.45) is 6.56. The predicted octanol–water partition coefficient (Wildman–Crippen LogP) is 5.94. The Hall–Kier alpha value is -1.77. The van der Waals surface area contributed by atoms with Crippen molar-refractivity contribution in [3.05, 3.63) is 56.5 Å². The highest BCUT2D eigenvalue weighted by molar-refractivity contribution is 9.11.